The Kier molecular flexibility index (Phi) is 5.34. The van der Waals surface area contributed by atoms with Crippen LogP contribution in [-0.2, 0) is 5.41 Å². The lowest BCUT2D eigenvalue weighted by atomic mass is 9.55. The molecule has 0 bridgehead atoms. The predicted octanol–water partition coefficient (Wildman–Crippen LogP) is 6.77. The van der Waals surface area contributed by atoms with Crippen LogP contribution in [0.3, 0.4) is 0 Å². The van der Waals surface area contributed by atoms with E-state index < -0.39 is 0 Å². The van der Waals surface area contributed by atoms with Gasteiger partial charge in [-0.05, 0) is 55.6 Å². The molecule has 0 saturated heterocycles. The Labute approximate surface area is 143 Å². The van der Waals surface area contributed by atoms with Gasteiger partial charge >= 0.3 is 0 Å². The van der Waals surface area contributed by atoms with E-state index in [0.717, 1.165) is 5.92 Å². The zero-order chi connectivity index (χ0) is 17.1. The summed E-state index contributed by atoms with van der Waals surface area (Å²) in [5.41, 5.74) is 4.65. The summed E-state index contributed by atoms with van der Waals surface area (Å²) in [5, 5.41) is 0. The van der Waals surface area contributed by atoms with Crippen LogP contribution in [0.2, 0.25) is 0 Å². The van der Waals surface area contributed by atoms with Gasteiger partial charge in [0.1, 0.15) is 0 Å². The van der Waals surface area contributed by atoms with Gasteiger partial charge in [0.15, 0.2) is 0 Å². The Morgan fingerprint density at radius 1 is 1.26 bits per heavy atom. The second-order valence-electron chi connectivity index (χ2n) is 8.16. The van der Waals surface area contributed by atoms with E-state index in [4.69, 9.17) is 0 Å². The molecule has 0 spiro atoms. The summed E-state index contributed by atoms with van der Waals surface area (Å²) < 4.78 is 0. The fourth-order valence-corrected chi connectivity index (χ4v) is 4.80. The fourth-order valence-electron chi connectivity index (χ4n) is 4.80. The Bertz CT molecular complexity index is 615. The first-order chi connectivity index (χ1) is 10.8. The number of hydrogen-bond donors (Lipinski definition) is 0. The third-order valence-corrected chi connectivity index (χ3v) is 5.15. The zero-order valence-corrected chi connectivity index (χ0v) is 15.5. The normalized spacial score (nSPS) is 28.0. The van der Waals surface area contributed by atoms with Crippen LogP contribution in [0, 0.1) is 18.3 Å². The van der Waals surface area contributed by atoms with Crippen LogP contribution in [0.1, 0.15) is 58.1 Å². The minimum absolute atomic E-state index is 0.0912. The predicted molar refractivity (Wildman–Crippen MR) is 103 cm³/mol. The van der Waals surface area contributed by atoms with E-state index >= 15 is 0 Å². The van der Waals surface area contributed by atoms with E-state index in [2.05, 4.69) is 83.7 Å². The molecule has 0 heterocycles. The van der Waals surface area contributed by atoms with Gasteiger partial charge in [-0.1, -0.05) is 81.5 Å². The molecule has 0 aliphatic heterocycles. The van der Waals surface area contributed by atoms with Crippen LogP contribution in [-0.4, -0.2) is 0 Å². The van der Waals surface area contributed by atoms with Crippen LogP contribution in [0.5, 0.6) is 0 Å². The van der Waals surface area contributed by atoms with E-state index in [9.17, 15) is 0 Å². The van der Waals surface area contributed by atoms with Crippen molar-refractivity contribution in [2.45, 2.75) is 59.3 Å². The lowest BCUT2D eigenvalue weighted by molar-refractivity contribution is 0.126. The van der Waals surface area contributed by atoms with Crippen molar-refractivity contribution < 1.29 is 0 Å². The first-order valence-electron chi connectivity index (χ1n) is 8.86. The molecule has 124 valence electrons. The molecule has 2 atom stereocenters. The minimum atomic E-state index is 0.0912. The largest absolute Gasteiger partial charge is 0.0991 e. The number of rotatable bonds is 4. The highest BCUT2D eigenvalue weighted by atomic mass is 14.5. The van der Waals surface area contributed by atoms with Crippen molar-refractivity contribution >= 4 is 0 Å². The lowest BCUT2D eigenvalue weighted by Gasteiger charge is -2.49. The third kappa shape index (κ3) is 3.86. The van der Waals surface area contributed by atoms with Gasteiger partial charge in [-0.3, -0.25) is 0 Å². The zero-order valence-electron chi connectivity index (χ0n) is 15.5. The van der Waals surface area contributed by atoms with Crippen molar-refractivity contribution in [3.05, 3.63) is 71.8 Å². The monoisotopic (exact) mass is 308 g/mol. The van der Waals surface area contributed by atoms with E-state index in [1.54, 1.807) is 0 Å². The summed E-state index contributed by atoms with van der Waals surface area (Å²) in [6.07, 6.45) is 12.3. The van der Waals surface area contributed by atoms with Crippen molar-refractivity contribution in [3.63, 3.8) is 0 Å². The molecule has 1 aliphatic rings. The molecule has 1 fully saturated rings. The highest BCUT2D eigenvalue weighted by Crippen LogP contribution is 2.54. The van der Waals surface area contributed by atoms with Gasteiger partial charge in [0.2, 0.25) is 0 Å². The summed E-state index contributed by atoms with van der Waals surface area (Å²) >= 11 is 0. The molecular weight excluding hydrogens is 276 g/mol. The van der Waals surface area contributed by atoms with E-state index in [0.29, 0.717) is 5.41 Å². The molecule has 0 heteroatoms. The number of hydrogen-bond acceptors (Lipinski definition) is 0. The van der Waals surface area contributed by atoms with Crippen LogP contribution >= 0.6 is 0 Å². The van der Waals surface area contributed by atoms with Crippen LogP contribution in [0.4, 0.5) is 0 Å². The SMILES string of the molecule is C=CC=C(C=CC)C1(c2cccc(C)c2)CC(C)CC(C)(C)C1. The molecule has 2 rings (SSSR count). The van der Waals surface area contributed by atoms with Crippen molar-refractivity contribution in [1.82, 2.24) is 0 Å². The maximum absolute atomic E-state index is 3.97. The molecule has 1 aromatic carbocycles. The van der Waals surface area contributed by atoms with Crippen molar-refractivity contribution in [2.24, 2.45) is 11.3 Å². The van der Waals surface area contributed by atoms with E-state index in [1.165, 1.54) is 36.0 Å². The second kappa shape index (κ2) is 6.91. The van der Waals surface area contributed by atoms with Crippen LogP contribution in [0.25, 0.3) is 0 Å². The van der Waals surface area contributed by atoms with Crippen molar-refractivity contribution in [2.75, 3.05) is 0 Å². The van der Waals surface area contributed by atoms with Crippen molar-refractivity contribution in [3.8, 4) is 0 Å². The van der Waals surface area contributed by atoms with Crippen LogP contribution < -0.4 is 0 Å². The van der Waals surface area contributed by atoms with Gasteiger partial charge in [0, 0.05) is 5.41 Å². The maximum Gasteiger partial charge on any atom is 0.0210 e. The van der Waals surface area contributed by atoms with Gasteiger partial charge in [0.25, 0.3) is 0 Å². The number of allylic oxidation sites excluding steroid dienone is 5. The standard InChI is InChI=1S/C23H32/c1-7-10-20(11-8-2)23(21-13-9-12-18(3)14-21)16-19(4)15-22(5,6)17-23/h7-14,19H,1,15-17H2,2-6H3. The Balaban J connectivity index is 2.68. The van der Waals surface area contributed by atoms with E-state index in [-0.39, 0.29) is 5.41 Å². The topological polar surface area (TPSA) is 0 Å². The minimum Gasteiger partial charge on any atom is -0.0991 e. The molecule has 1 saturated carbocycles. The van der Waals surface area contributed by atoms with Gasteiger partial charge in [-0.25, -0.2) is 0 Å². The summed E-state index contributed by atoms with van der Waals surface area (Å²) in [6, 6.07) is 9.11. The van der Waals surface area contributed by atoms with Crippen LogP contribution in [0.15, 0.2) is 60.7 Å². The third-order valence-electron chi connectivity index (χ3n) is 5.15. The molecule has 0 N–H and O–H groups in total. The molecule has 0 radical (unpaired) electrons. The number of benzene rings is 1. The molecule has 1 aromatic rings. The lowest BCUT2D eigenvalue weighted by Crippen LogP contribution is -2.41. The summed E-state index contributed by atoms with van der Waals surface area (Å²) in [4.78, 5) is 0. The first-order valence-corrected chi connectivity index (χ1v) is 8.86. The maximum atomic E-state index is 3.97. The molecular formula is C23H32. The highest BCUT2D eigenvalue weighted by Gasteiger charge is 2.45. The smallest absolute Gasteiger partial charge is 0.0210 e. The average Bonchev–Trinajstić information content (AvgIpc) is 2.45. The molecule has 0 aromatic heterocycles. The molecule has 0 amide bonds. The second-order valence-corrected chi connectivity index (χ2v) is 8.16. The average molecular weight is 309 g/mol. The van der Waals surface area contributed by atoms with Gasteiger partial charge in [0.05, 0.1) is 0 Å². The quantitative estimate of drug-likeness (QED) is 0.538. The number of aryl methyl sites for hydroxylation is 1. The first kappa shape index (κ1) is 17.8. The fraction of sp³-hybridized carbons (Fsp3) is 0.478. The van der Waals surface area contributed by atoms with Gasteiger partial charge in [-0.2, -0.15) is 0 Å². The summed E-state index contributed by atoms with van der Waals surface area (Å²) in [6.45, 7) is 15.5. The molecule has 2 unspecified atom stereocenters. The Hall–Kier alpha value is -1.56. The molecule has 1 aliphatic carbocycles. The molecule has 23 heavy (non-hydrogen) atoms. The highest BCUT2D eigenvalue weighted by molar-refractivity contribution is 5.45. The Morgan fingerprint density at radius 2 is 2.00 bits per heavy atom. The molecule has 0 nitrogen and oxygen atoms in total. The summed E-state index contributed by atoms with van der Waals surface area (Å²) in [5.74, 6) is 0.720. The summed E-state index contributed by atoms with van der Waals surface area (Å²) in [7, 11) is 0. The van der Waals surface area contributed by atoms with Gasteiger partial charge in [-0.15, -0.1) is 0 Å². The van der Waals surface area contributed by atoms with E-state index in [1.807, 2.05) is 6.08 Å². The Morgan fingerprint density at radius 3 is 2.57 bits per heavy atom. The van der Waals surface area contributed by atoms with Gasteiger partial charge < -0.3 is 0 Å². The van der Waals surface area contributed by atoms with Crippen molar-refractivity contribution in [1.29, 1.82) is 0 Å².